The highest BCUT2D eigenvalue weighted by molar-refractivity contribution is 8.06. The Morgan fingerprint density at radius 2 is 1.35 bits per heavy atom. The van der Waals surface area contributed by atoms with E-state index in [0.29, 0.717) is 28.5 Å². The Balaban J connectivity index is 0.929. The van der Waals surface area contributed by atoms with Crippen molar-refractivity contribution >= 4 is 68.2 Å². The second-order valence-electron chi connectivity index (χ2n) is 17.5. The third kappa shape index (κ3) is 5.00. The van der Waals surface area contributed by atoms with Gasteiger partial charge in [-0.3, -0.25) is 0 Å². The molecule has 2 fully saturated rings. The first-order valence-electron chi connectivity index (χ1n) is 21.2. The van der Waals surface area contributed by atoms with Gasteiger partial charge in [0.15, 0.2) is 0 Å². The third-order valence-corrected chi connectivity index (χ3v) is 17.2. The summed E-state index contributed by atoms with van der Waals surface area (Å²) < 4.78 is 6.29. The highest BCUT2D eigenvalue weighted by atomic mass is 32.2. The number of hydrogen-bond acceptors (Lipinski definition) is 5. The number of hydrogen-bond donors (Lipinski definition) is 0. The summed E-state index contributed by atoms with van der Waals surface area (Å²) in [5, 5.41) is 3.40. The van der Waals surface area contributed by atoms with E-state index in [2.05, 4.69) is 217 Å². The molecule has 60 heavy (non-hydrogen) atoms. The molecule has 0 radical (unpaired) electrons. The maximum atomic E-state index is 6.29. The van der Waals surface area contributed by atoms with Gasteiger partial charge < -0.3 is 14.2 Å². The normalized spacial score (nSPS) is 22.6. The van der Waals surface area contributed by atoms with Crippen molar-refractivity contribution in [1.82, 2.24) is 0 Å². The van der Waals surface area contributed by atoms with Gasteiger partial charge in [0.1, 0.15) is 11.2 Å². The van der Waals surface area contributed by atoms with Crippen LogP contribution in [0.3, 0.4) is 0 Å². The van der Waals surface area contributed by atoms with Gasteiger partial charge in [-0.05, 0) is 117 Å². The Hall–Kier alpha value is -5.88. The lowest BCUT2D eigenvalue weighted by molar-refractivity contribution is 0.507. The highest BCUT2D eigenvalue weighted by Gasteiger charge is 2.59. The molecule has 1 aromatic heterocycles. The number of allylic oxidation sites excluding steroid dienone is 3. The van der Waals surface area contributed by atoms with Crippen LogP contribution in [-0.2, 0) is 5.41 Å². The Bertz CT molecular complexity index is 3100. The average Bonchev–Trinajstić information content (AvgIpc) is 4.08. The fraction of sp³-hybridized carbons (Fsp3) is 0.164. The van der Waals surface area contributed by atoms with Gasteiger partial charge in [-0.2, -0.15) is 0 Å². The van der Waals surface area contributed by atoms with Crippen LogP contribution < -0.4 is 9.80 Å². The highest BCUT2D eigenvalue weighted by Crippen LogP contribution is 2.64. The van der Waals surface area contributed by atoms with Crippen molar-refractivity contribution in [3.05, 3.63) is 198 Å². The van der Waals surface area contributed by atoms with Crippen molar-refractivity contribution in [3.63, 3.8) is 0 Å². The van der Waals surface area contributed by atoms with E-state index in [4.69, 9.17) is 4.42 Å². The first-order valence-corrected chi connectivity index (χ1v) is 23.0. The quantitative estimate of drug-likeness (QED) is 0.172. The lowest BCUT2D eigenvalue weighted by Gasteiger charge is -2.36. The molecule has 13 rings (SSSR count). The van der Waals surface area contributed by atoms with Gasteiger partial charge in [-0.25, -0.2) is 0 Å². The van der Waals surface area contributed by atoms with Gasteiger partial charge in [-0.1, -0.05) is 123 Å². The predicted molar refractivity (Wildman–Crippen MR) is 253 cm³/mol. The Morgan fingerprint density at radius 3 is 2.23 bits per heavy atom. The zero-order valence-electron chi connectivity index (χ0n) is 33.5. The van der Waals surface area contributed by atoms with Gasteiger partial charge in [0, 0.05) is 60.3 Å². The molecule has 5 atom stereocenters. The van der Waals surface area contributed by atoms with Crippen molar-refractivity contribution in [2.75, 3.05) is 9.80 Å². The molecule has 5 heteroatoms. The summed E-state index contributed by atoms with van der Waals surface area (Å²) in [6.07, 6.45) is 8.16. The third-order valence-electron chi connectivity index (χ3n) is 14.0. The first-order chi connectivity index (χ1) is 29.5. The molecular weight excluding hydrogens is 769 g/mol. The molecule has 290 valence electrons. The minimum atomic E-state index is -0.104. The van der Waals surface area contributed by atoms with E-state index in [-0.39, 0.29) is 5.41 Å². The minimum Gasteiger partial charge on any atom is -0.456 e. The summed E-state index contributed by atoms with van der Waals surface area (Å²) in [6.45, 7) is 4.74. The topological polar surface area (TPSA) is 19.6 Å². The van der Waals surface area contributed by atoms with E-state index in [9.17, 15) is 0 Å². The average molecular weight is 811 g/mol. The summed E-state index contributed by atoms with van der Waals surface area (Å²) in [4.78, 5) is 8.29. The smallest absolute Gasteiger partial charge is 0.136 e. The molecule has 3 aliphatic heterocycles. The second-order valence-corrected chi connectivity index (χ2v) is 19.9. The molecule has 7 aromatic carbocycles. The van der Waals surface area contributed by atoms with E-state index in [0.717, 1.165) is 45.4 Å². The van der Waals surface area contributed by atoms with E-state index in [1.165, 1.54) is 49.5 Å². The van der Waals surface area contributed by atoms with Gasteiger partial charge in [0.25, 0.3) is 0 Å². The van der Waals surface area contributed by atoms with Crippen molar-refractivity contribution in [2.45, 2.75) is 53.2 Å². The van der Waals surface area contributed by atoms with Crippen LogP contribution in [0.5, 0.6) is 0 Å². The Labute approximate surface area is 359 Å². The van der Waals surface area contributed by atoms with E-state index in [1.807, 2.05) is 6.07 Å². The van der Waals surface area contributed by atoms with Crippen LogP contribution in [0.1, 0.15) is 43.0 Å². The second kappa shape index (κ2) is 13.1. The number of furan rings is 1. The summed E-state index contributed by atoms with van der Waals surface area (Å²) in [7, 11) is 0. The summed E-state index contributed by atoms with van der Waals surface area (Å²) in [6, 6.07) is 59.5. The van der Waals surface area contributed by atoms with Gasteiger partial charge >= 0.3 is 0 Å². The van der Waals surface area contributed by atoms with Crippen molar-refractivity contribution in [2.24, 2.45) is 5.92 Å². The number of rotatable bonds is 5. The number of thioether (sulfide) groups is 2. The number of fused-ring (bicyclic) bond motifs is 13. The van der Waals surface area contributed by atoms with E-state index in [1.54, 1.807) is 4.91 Å². The number of anilines is 4. The summed E-state index contributed by atoms with van der Waals surface area (Å²) in [5.41, 5.74) is 15.8. The molecule has 8 aromatic rings. The number of benzene rings is 7. The Kier molecular flexibility index (Phi) is 7.60. The monoisotopic (exact) mass is 810 g/mol. The SMILES string of the molecule is CC1(C)c2ccccc2-c2ccc(N(c3ccc(-c4cccc5oc6ccccc6c45)cc3)c3ccc(N4C5c6ccccc6SC5C5SC6=CC=CCC6C54)cc3)cc21. The molecule has 2 saturated heterocycles. The fourth-order valence-corrected chi connectivity index (χ4v) is 14.7. The molecule has 5 unspecified atom stereocenters. The van der Waals surface area contributed by atoms with Crippen molar-refractivity contribution < 1.29 is 4.42 Å². The molecule has 3 nitrogen and oxygen atoms in total. The molecule has 4 heterocycles. The zero-order valence-corrected chi connectivity index (χ0v) is 35.1. The molecule has 0 saturated carbocycles. The standard InChI is InChI=1S/C55H42N2OS2/c1-55(2)44-17-7-3-12-39(44)40-31-30-37(32-45(40)55)56(34-24-22-33(23-25-34)38-16-11-19-47-50(38)41-13-4-8-18-46(41)58-47)35-26-28-36(29-27-35)57-51-42-14-5-9-20-48(42)59-53(51)54-52(57)43-15-6-10-21-49(43)60-54/h3-14,16-32,43,51-54H,15H2,1-2H3. The van der Waals surface area contributed by atoms with Gasteiger partial charge in [-0.15, -0.1) is 23.5 Å². The van der Waals surface area contributed by atoms with Crippen LogP contribution in [0.15, 0.2) is 190 Å². The summed E-state index contributed by atoms with van der Waals surface area (Å²) >= 11 is 4.26. The van der Waals surface area contributed by atoms with Crippen LogP contribution in [0.2, 0.25) is 0 Å². The molecule has 0 N–H and O–H groups in total. The predicted octanol–water partition coefficient (Wildman–Crippen LogP) is 15.0. The van der Waals surface area contributed by atoms with Crippen molar-refractivity contribution in [1.29, 1.82) is 0 Å². The maximum Gasteiger partial charge on any atom is 0.136 e. The molecule has 2 aliphatic carbocycles. The van der Waals surface area contributed by atoms with Crippen LogP contribution in [0.25, 0.3) is 44.2 Å². The van der Waals surface area contributed by atoms with Crippen LogP contribution >= 0.6 is 23.5 Å². The Morgan fingerprint density at radius 1 is 0.633 bits per heavy atom. The largest absolute Gasteiger partial charge is 0.456 e. The molecule has 0 bridgehead atoms. The summed E-state index contributed by atoms with van der Waals surface area (Å²) in [5.74, 6) is 0.544. The van der Waals surface area contributed by atoms with E-state index < -0.39 is 0 Å². The van der Waals surface area contributed by atoms with Crippen LogP contribution in [-0.4, -0.2) is 16.5 Å². The maximum absolute atomic E-state index is 6.29. The van der Waals surface area contributed by atoms with Gasteiger partial charge in [0.2, 0.25) is 0 Å². The lowest BCUT2D eigenvalue weighted by atomic mass is 9.82. The van der Waals surface area contributed by atoms with Crippen molar-refractivity contribution in [3.8, 4) is 22.3 Å². The molecule has 5 aliphatic rings. The van der Waals surface area contributed by atoms with Crippen LogP contribution in [0.4, 0.5) is 22.7 Å². The lowest BCUT2D eigenvalue weighted by Crippen LogP contribution is -2.38. The van der Waals surface area contributed by atoms with Crippen LogP contribution in [0, 0.1) is 5.92 Å². The number of nitrogens with zero attached hydrogens (tertiary/aromatic N) is 2. The first kappa shape index (κ1) is 34.9. The minimum absolute atomic E-state index is 0.104. The molecular formula is C55H42N2OS2. The zero-order chi connectivity index (χ0) is 39.7. The fourth-order valence-electron chi connectivity index (χ4n) is 11.3. The molecule has 0 amide bonds. The van der Waals surface area contributed by atoms with Gasteiger partial charge in [0.05, 0.1) is 12.1 Å². The van der Waals surface area contributed by atoms with E-state index >= 15 is 0 Å². The molecule has 0 spiro atoms. The number of para-hydroxylation sites is 1.